The van der Waals surface area contributed by atoms with E-state index in [2.05, 4.69) is 5.09 Å². The molecule has 0 aliphatic rings. The largest absolute Gasteiger partial charge is 0.497 e. The normalized spacial score (nSPS) is 13.1. The molecule has 34 heavy (non-hydrogen) atoms. The van der Waals surface area contributed by atoms with Crippen molar-refractivity contribution in [3.63, 3.8) is 0 Å². The monoisotopic (exact) mass is 471 g/mol. The van der Waals surface area contributed by atoms with Gasteiger partial charge in [0.15, 0.2) is 5.78 Å². The van der Waals surface area contributed by atoms with Crippen LogP contribution in [0.5, 0.6) is 5.75 Å². The quantitative estimate of drug-likeness (QED) is 0.278. The Morgan fingerprint density at radius 1 is 0.765 bits per heavy atom. The SMILES string of the molecule is COc1ccc(C(=O)[C@H](O)[C@@H](NP(=O)(c2ccccc2)c2ccccc2)c2ccccc2)cc1. The predicted molar refractivity (Wildman–Crippen MR) is 135 cm³/mol. The van der Waals surface area contributed by atoms with Gasteiger partial charge in [-0.1, -0.05) is 66.7 Å². The van der Waals surface area contributed by atoms with E-state index in [1.165, 1.54) is 0 Å². The van der Waals surface area contributed by atoms with Gasteiger partial charge in [0.25, 0.3) is 0 Å². The highest BCUT2D eigenvalue weighted by molar-refractivity contribution is 7.76. The Morgan fingerprint density at radius 3 is 1.71 bits per heavy atom. The van der Waals surface area contributed by atoms with E-state index in [0.29, 0.717) is 27.5 Å². The van der Waals surface area contributed by atoms with Gasteiger partial charge in [0.05, 0.1) is 13.2 Å². The van der Waals surface area contributed by atoms with Crippen molar-refractivity contribution in [3.8, 4) is 5.75 Å². The second-order valence-electron chi connectivity index (χ2n) is 7.84. The molecule has 4 rings (SSSR count). The molecule has 0 aliphatic heterocycles. The summed E-state index contributed by atoms with van der Waals surface area (Å²) in [5.41, 5.74) is 0.995. The van der Waals surface area contributed by atoms with Crippen LogP contribution in [0.3, 0.4) is 0 Å². The molecule has 2 atom stereocenters. The first-order chi connectivity index (χ1) is 16.5. The summed E-state index contributed by atoms with van der Waals surface area (Å²) in [6.45, 7) is 0. The first kappa shape index (κ1) is 23.7. The van der Waals surface area contributed by atoms with Gasteiger partial charge in [0, 0.05) is 16.2 Å². The summed E-state index contributed by atoms with van der Waals surface area (Å²) >= 11 is 0. The van der Waals surface area contributed by atoms with Crippen molar-refractivity contribution in [2.24, 2.45) is 0 Å². The summed E-state index contributed by atoms with van der Waals surface area (Å²) in [6.07, 6.45) is -1.48. The Bertz CT molecular complexity index is 1220. The van der Waals surface area contributed by atoms with Crippen molar-refractivity contribution >= 4 is 23.7 Å². The minimum Gasteiger partial charge on any atom is -0.497 e. The fraction of sp³-hybridized carbons (Fsp3) is 0.107. The summed E-state index contributed by atoms with van der Waals surface area (Å²) < 4.78 is 19.8. The van der Waals surface area contributed by atoms with Crippen molar-refractivity contribution in [1.29, 1.82) is 0 Å². The molecule has 6 heteroatoms. The van der Waals surface area contributed by atoms with E-state index in [1.54, 1.807) is 55.6 Å². The van der Waals surface area contributed by atoms with Gasteiger partial charge in [-0.25, -0.2) is 5.09 Å². The molecule has 5 nitrogen and oxygen atoms in total. The van der Waals surface area contributed by atoms with E-state index < -0.39 is 25.2 Å². The average molecular weight is 471 g/mol. The van der Waals surface area contributed by atoms with Crippen LogP contribution in [0, 0.1) is 0 Å². The molecule has 0 aliphatic carbocycles. The molecule has 0 unspecified atom stereocenters. The van der Waals surface area contributed by atoms with Crippen LogP contribution < -0.4 is 20.4 Å². The Labute approximate surface area is 199 Å². The Balaban J connectivity index is 1.77. The number of carbonyl (C=O) groups is 1. The summed E-state index contributed by atoms with van der Waals surface area (Å²) in [7, 11) is -1.88. The lowest BCUT2D eigenvalue weighted by atomic mass is 9.96. The number of rotatable bonds is 9. The number of ketones is 1. The van der Waals surface area contributed by atoms with Crippen LogP contribution in [0.2, 0.25) is 0 Å². The minimum absolute atomic E-state index is 0.338. The number of hydrogen-bond donors (Lipinski definition) is 2. The third-order valence-corrected chi connectivity index (χ3v) is 8.37. The van der Waals surface area contributed by atoms with Gasteiger partial charge in [-0.15, -0.1) is 0 Å². The molecule has 0 fully saturated rings. The van der Waals surface area contributed by atoms with E-state index in [4.69, 9.17) is 4.74 Å². The molecule has 0 radical (unpaired) electrons. The minimum atomic E-state index is -3.43. The Kier molecular flexibility index (Phi) is 7.39. The summed E-state index contributed by atoms with van der Waals surface area (Å²) in [4.78, 5) is 13.3. The molecule has 0 aromatic heterocycles. The van der Waals surface area contributed by atoms with Gasteiger partial charge in [-0.05, 0) is 54.1 Å². The summed E-state index contributed by atoms with van der Waals surface area (Å²) in [6, 6.07) is 32.9. The number of aliphatic hydroxyl groups excluding tert-OH is 1. The van der Waals surface area contributed by atoms with Crippen LogP contribution in [0.25, 0.3) is 0 Å². The molecule has 0 heterocycles. The molecular weight excluding hydrogens is 445 g/mol. The molecule has 172 valence electrons. The molecule has 0 spiro atoms. The van der Waals surface area contributed by atoms with E-state index in [1.807, 2.05) is 66.7 Å². The lowest BCUT2D eigenvalue weighted by Gasteiger charge is -2.30. The van der Waals surface area contributed by atoms with Crippen LogP contribution in [0.1, 0.15) is 22.0 Å². The van der Waals surface area contributed by atoms with E-state index in [9.17, 15) is 14.5 Å². The molecular formula is C28H26NO4P. The molecule has 2 N–H and O–H groups in total. The number of carbonyl (C=O) groups excluding carboxylic acids is 1. The maximum Gasteiger partial charge on any atom is 0.205 e. The smallest absolute Gasteiger partial charge is 0.205 e. The van der Waals surface area contributed by atoms with Gasteiger partial charge in [-0.3, -0.25) is 9.36 Å². The zero-order valence-corrected chi connectivity index (χ0v) is 19.6. The Morgan fingerprint density at radius 2 is 1.24 bits per heavy atom. The zero-order valence-electron chi connectivity index (χ0n) is 18.7. The maximum absolute atomic E-state index is 14.6. The average Bonchev–Trinajstić information content (AvgIpc) is 2.92. The van der Waals surface area contributed by atoms with Crippen molar-refractivity contribution in [2.75, 3.05) is 7.11 Å². The lowest BCUT2D eigenvalue weighted by Crippen LogP contribution is -2.40. The van der Waals surface area contributed by atoms with Crippen molar-refractivity contribution in [1.82, 2.24) is 5.09 Å². The van der Waals surface area contributed by atoms with Crippen LogP contribution in [0.4, 0.5) is 0 Å². The number of aliphatic hydroxyl groups is 1. The standard InChI is InChI=1S/C28H26NO4P/c1-33-23-19-17-22(18-20-23)27(30)28(31)26(21-11-5-2-6-12-21)29-34(32,24-13-7-3-8-14-24)25-15-9-4-10-16-25/h2-20,26,28,31H,1H3,(H,29,32)/t26-,28+/m0/s1. The number of benzene rings is 4. The number of hydrogen-bond acceptors (Lipinski definition) is 4. The number of nitrogens with one attached hydrogen (secondary N) is 1. The highest BCUT2D eigenvalue weighted by atomic mass is 31.2. The van der Waals surface area contributed by atoms with Gasteiger partial charge < -0.3 is 9.84 Å². The molecule has 0 amide bonds. The molecule has 0 saturated carbocycles. The first-order valence-corrected chi connectivity index (χ1v) is 12.6. The van der Waals surface area contributed by atoms with Crippen molar-refractivity contribution in [2.45, 2.75) is 12.1 Å². The topological polar surface area (TPSA) is 75.6 Å². The van der Waals surface area contributed by atoms with E-state index in [-0.39, 0.29) is 0 Å². The van der Waals surface area contributed by atoms with Crippen LogP contribution >= 0.6 is 7.29 Å². The highest BCUT2D eigenvalue weighted by Gasteiger charge is 2.36. The van der Waals surface area contributed by atoms with E-state index in [0.717, 1.165) is 0 Å². The number of Topliss-reactive ketones (excluding diaryl/α,β-unsaturated/α-hetero) is 1. The number of methoxy groups -OCH3 is 1. The summed E-state index contributed by atoms with van der Waals surface area (Å²) in [5.74, 6) is 0.137. The molecule has 4 aromatic rings. The van der Waals surface area contributed by atoms with E-state index >= 15 is 0 Å². The fourth-order valence-corrected chi connectivity index (χ4v) is 6.30. The van der Waals surface area contributed by atoms with Crippen LogP contribution in [-0.2, 0) is 4.57 Å². The van der Waals surface area contributed by atoms with Gasteiger partial charge in [0.2, 0.25) is 7.29 Å². The summed E-state index contributed by atoms with van der Waals surface area (Å²) in [5, 5.41) is 15.7. The van der Waals surface area contributed by atoms with Gasteiger partial charge >= 0.3 is 0 Å². The van der Waals surface area contributed by atoms with Gasteiger partial charge in [-0.2, -0.15) is 0 Å². The zero-order chi connectivity index (χ0) is 24.0. The fourth-order valence-electron chi connectivity index (χ4n) is 3.84. The first-order valence-electron chi connectivity index (χ1n) is 10.9. The lowest BCUT2D eigenvalue weighted by molar-refractivity contribution is 0.0679. The third-order valence-electron chi connectivity index (χ3n) is 5.68. The Hall–Kier alpha value is -3.50. The van der Waals surface area contributed by atoms with Gasteiger partial charge in [0.1, 0.15) is 11.9 Å². The molecule has 0 saturated heterocycles. The van der Waals surface area contributed by atoms with Crippen molar-refractivity contribution in [3.05, 3.63) is 126 Å². The van der Waals surface area contributed by atoms with Crippen LogP contribution in [0.15, 0.2) is 115 Å². The third kappa shape index (κ3) is 5.02. The number of ether oxygens (including phenoxy) is 1. The predicted octanol–water partition coefficient (Wildman–Crippen LogP) is 4.50. The maximum atomic E-state index is 14.6. The second kappa shape index (κ2) is 10.6. The highest BCUT2D eigenvalue weighted by Crippen LogP contribution is 2.42. The second-order valence-corrected chi connectivity index (χ2v) is 10.3. The van der Waals surface area contributed by atoms with Crippen molar-refractivity contribution < 1.29 is 19.2 Å². The van der Waals surface area contributed by atoms with Crippen LogP contribution in [-0.4, -0.2) is 24.1 Å². The molecule has 0 bridgehead atoms. The molecule has 4 aromatic carbocycles.